The summed E-state index contributed by atoms with van der Waals surface area (Å²) in [6.07, 6.45) is 2.61. The molecule has 0 bridgehead atoms. The van der Waals surface area contributed by atoms with Gasteiger partial charge in [0.2, 0.25) is 0 Å². The van der Waals surface area contributed by atoms with Crippen molar-refractivity contribution in [2.24, 2.45) is 5.92 Å². The highest BCUT2D eigenvalue weighted by molar-refractivity contribution is 6.32. The van der Waals surface area contributed by atoms with Gasteiger partial charge in [-0.1, -0.05) is 11.6 Å². The van der Waals surface area contributed by atoms with Crippen LogP contribution < -0.4 is 10.9 Å². The third-order valence-electron chi connectivity index (χ3n) is 3.55. The molecule has 2 unspecified atom stereocenters. The van der Waals surface area contributed by atoms with Crippen molar-refractivity contribution in [1.29, 1.82) is 0 Å². The number of methoxy groups -OCH3 is 1. The molecule has 20 heavy (non-hydrogen) atoms. The second kappa shape index (κ2) is 7.06. The zero-order chi connectivity index (χ0) is 14.5. The molecule has 0 spiro atoms. The van der Waals surface area contributed by atoms with E-state index in [9.17, 15) is 4.79 Å². The highest BCUT2D eigenvalue weighted by atomic mass is 35.5. The number of ether oxygens (including phenoxy) is 2. The van der Waals surface area contributed by atoms with Crippen molar-refractivity contribution in [2.75, 3.05) is 32.2 Å². The van der Waals surface area contributed by atoms with Crippen molar-refractivity contribution in [2.45, 2.75) is 25.9 Å². The lowest BCUT2D eigenvalue weighted by atomic mass is 10.0. The first-order valence-corrected chi connectivity index (χ1v) is 7.10. The normalized spacial score (nSPS) is 20.1. The fraction of sp³-hybridized carbons (Fsp3) is 0.692. The van der Waals surface area contributed by atoms with Crippen LogP contribution in [0.25, 0.3) is 0 Å². The SMILES string of the molecule is COCCn1ncc(NC(C)C2CCOC2)c(Cl)c1=O. The third kappa shape index (κ3) is 3.50. The molecule has 0 amide bonds. The van der Waals surface area contributed by atoms with E-state index in [4.69, 9.17) is 21.1 Å². The van der Waals surface area contributed by atoms with Crippen LogP contribution in [0.5, 0.6) is 0 Å². The number of halogens is 1. The Hall–Kier alpha value is -1.11. The van der Waals surface area contributed by atoms with Crippen LogP contribution in [0.15, 0.2) is 11.0 Å². The quantitative estimate of drug-likeness (QED) is 0.860. The predicted molar refractivity (Wildman–Crippen MR) is 77.4 cm³/mol. The summed E-state index contributed by atoms with van der Waals surface area (Å²) in [6.45, 7) is 4.41. The molecule has 1 aromatic heterocycles. The minimum Gasteiger partial charge on any atom is -0.383 e. The van der Waals surface area contributed by atoms with Gasteiger partial charge < -0.3 is 14.8 Å². The van der Waals surface area contributed by atoms with Gasteiger partial charge in [-0.15, -0.1) is 0 Å². The summed E-state index contributed by atoms with van der Waals surface area (Å²) in [5, 5.41) is 7.53. The molecule has 2 rings (SSSR count). The summed E-state index contributed by atoms with van der Waals surface area (Å²) in [6, 6.07) is 0.186. The molecular weight excluding hydrogens is 282 g/mol. The topological polar surface area (TPSA) is 65.4 Å². The Morgan fingerprint density at radius 2 is 2.50 bits per heavy atom. The molecule has 2 heterocycles. The number of anilines is 1. The Morgan fingerprint density at radius 1 is 1.70 bits per heavy atom. The molecule has 0 aromatic carbocycles. The standard InChI is InChI=1S/C13H20ClN3O3/c1-9(10-3-5-20-8-10)16-11-7-15-17(4-6-19-2)13(18)12(11)14/h7,9-10,16H,3-6,8H2,1-2H3. The molecule has 0 saturated carbocycles. The largest absolute Gasteiger partial charge is 0.383 e. The third-order valence-corrected chi connectivity index (χ3v) is 3.91. The maximum Gasteiger partial charge on any atom is 0.287 e. The Kier molecular flexibility index (Phi) is 5.39. The molecule has 7 heteroatoms. The van der Waals surface area contributed by atoms with E-state index in [2.05, 4.69) is 17.3 Å². The molecule has 1 aliphatic heterocycles. The van der Waals surface area contributed by atoms with Crippen LogP contribution in [-0.2, 0) is 16.0 Å². The van der Waals surface area contributed by atoms with Crippen LogP contribution in [0.3, 0.4) is 0 Å². The predicted octanol–water partition coefficient (Wildman–Crippen LogP) is 1.38. The van der Waals surface area contributed by atoms with Crippen LogP contribution in [0.2, 0.25) is 5.02 Å². The van der Waals surface area contributed by atoms with E-state index >= 15 is 0 Å². The van der Waals surface area contributed by atoms with Gasteiger partial charge in [0.1, 0.15) is 5.02 Å². The Morgan fingerprint density at radius 3 is 3.15 bits per heavy atom. The van der Waals surface area contributed by atoms with Gasteiger partial charge in [-0.3, -0.25) is 4.79 Å². The number of rotatable bonds is 6. The van der Waals surface area contributed by atoms with Gasteiger partial charge in [0.15, 0.2) is 0 Å². The first-order chi connectivity index (χ1) is 9.63. The van der Waals surface area contributed by atoms with Crippen molar-refractivity contribution in [3.05, 3.63) is 21.6 Å². The molecule has 6 nitrogen and oxygen atoms in total. The number of aromatic nitrogens is 2. The molecule has 1 aliphatic rings. The van der Waals surface area contributed by atoms with E-state index < -0.39 is 0 Å². The summed E-state index contributed by atoms with van der Waals surface area (Å²) in [5.74, 6) is 0.432. The van der Waals surface area contributed by atoms with Crippen molar-refractivity contribution in [3.63, 3.8) is 0 Å². The van der Waals surface area contributed by atoms with Gasteiger partial charge in [0, 0.05) is 25.7 Å². The van der Waals surface area contributed by atoms with Crippen molar-refractivity contribution >= 4 is 17.3 Å². The molecular formula is C13H20ClN3O3. The van der Waals surface area contributed by atoms with Crippen molar-refractivity contribution in [3.8, 4) is 0 Å². The average molecular weight is 302 g/mol. The van der Waals surface area contributed by atoms with E-state index in [1.807, 2.05) is 0 Å². The zero-order valence-corrected chi connectivity index (χ0v) is 12.5. The van der Waals surface area contributed by atoms with E-state index in [1.165, 1.54) is 4.68 Å². The van der Waals surface area contributed by atoms with Crippen LogP contribution in [0, 0.1) is 5.92 Å². The van der Waals surface area contributed by atoms with Crippen LogP contribution in [-0.4, -0.2) is 42.8 Å². The second-order valence-electron chi connectivity index (χ2n) is 4.95. The first-order valence-electron chi connectivity index (χ1n) is 6.72. The van der Waals surface area contributed by atoms with E-state index in [-0.39, 0.29) is 16.6 Å². The minimum atomic E-state index is -0.302. The highest BCUT2D eigenvalue weighted by Gasteiger charge is 2.23. The summed E-state index contributed by atoms with van der Waals surface area (Å²) >= 11 is 6.12. The van der Waals surface area contributed by atoms with Crippen LogP contribution in [0.4, 0.5) is 5.69 Å². The smallest absolute Gasteiger partial charge is 0.287 e. The fourth-order valence-electron chi connectivity index (χ4n) is 2.21. The van der Waals surface area contributed by atoms with Gasteiger partial charge in [0.25, 0.3) is 5.56 Å². The van der Waals surface area contributed by atoms with Gasteiger partial charge in [-0.25, -0.2) is 4.68 Å². The van der Waals surface area contributed by atoms with Gasteiger partial charge in [-0.05, 0) is 13.3 Å². The summed E-state index contributed by atoms with van der Waals surface area (Å²) in [5.41, 5.74) is 0.272. The van der Waals surface area contributed by atoms with Crippen molar-refractivity contribution in [1.82, 2.24) is 9.78 Å². The lowest BCUT2D eigenvalue weighted by Gasteiger charge is -2.21. The van der Waals surface area contributed by atoms with E-state index in [0.29, 0.717) is 24.8 Å². The number of hydrogen-bond acceptors (Lipinski definition) is 5. The number of nitrogens with one attached hydrogen (secondary N) is 1. The second-order valence-corrected chi connectivity index (χ2v) is 5.33. The molecule has 0 radical (unpaired) electrons. The zero-order valence-electron chi connectivity index (χ0n) is 11.8. The summed E-state index contributed by atoms with van der Waals surface area (Å²) in [4.78, 5) is 12.0. The lowest BCUT2D eigenvalue weighted by molar-refractivity contribution is 0.181. The Balaban J connectivity index is 2.08. The number of hydrogen-bond donors (Lipinski definition) is 1. The van der Waals surface area contributed by atoms with Gasteiger partial charge in [0.05, 0.1) is 31.6 Å². The summed E-state index contributed by atoms with van der Waals surface area (Å²) in [7, 11) is 1.58. The first kappa shape index (κ1) is 15.3. The molecule has 1 aromatic rings. The molecule has 1 fully saturated rings. The average Bonchev–Trinajstić information content (AvgIpc) is 2.97. The highest BCUT2D eigenvalue weighted by Crippen LogP contribution is 2.22. The maximum absolute atomic E-state index is 12.0. The molecule has 2 atom stereocenters. The summed E-state index contributed by atoms with van der Waals surface area (Å²) < 4.78 is 11.6. The Labute approximate surface area is 123 Å². The molecule has 112 valence electrons. The van der Waals surface area contributed by atoms with E-state index in [0.717, 1.165) is 19.6 Å². The van der Waals surface area contributed by atoms with Crippen LogP contribution >= 0.6 is 11.6 Å². The van der Waals surface area contributed by atoms with Gasteiger partial charge >= 0.3 is 0 Å². The minimum absolute atomic E-state index is 0.168. The van der Waals surface area contributed by atoms with E-state index in [1.54, 1.807) is 13.3 Å². The monoisotopic (exact) mass is 301 g/mol. The Bertz CT molecular complexity index is 500. The van der Waals surface area contributed by atoms with Crippen molar-refractivity contribution < 1.29 is 9.47 Å². The molecule has 1 N–H and O–H groups in total. The van der Waals surface area contributed by atoms with Crippen LogP contribution in [0.1, 0.15) is 13.3 Å². The van der Waals surface area contributed by atoms with Gasteiger partial charge in [-0.2, -0.15) is 5.10 Å². The maximum atomic E-state index is 12.0. The fourth-order valence-corrected chi connectivity index (χ4v) is 2.41. The molecule has 1 saturated heterocycles. The lowest BCUT2D eigenvalue weighted by Crippen LogP contribution is -2.30. The number of nitrogens with zero attached hydrogens (tertiary/aromatic N) is 2. The molecule has 0 aliphatic carbocycles.